The van der Waals surface area contributed by atoms with Crippen LogP contribution in [-0.4, -0.2) is 22.1 Å². The summed E-state index contributed by atoms with van der Waals surface area (Å²) in [5.74, 6) is -0.518. The van der Waals surface area contributed by atoms with Gasteiger partial charge in [-0.2, -0.15) is 8.78 Å². The molecule has 0 atom stereocenters. The van der Waals surface area contributed by atoms with Crippen LogP contribution in [0, 0.1) is 0 Å². The SMILES string of the molecule is O=C(Cn1ccnc1)Nc1ccc(Cl)c(OC(F)F)c1. The molecule has 0 spiro atoms. The van der Waals surface area contributed by atoms with Gasteiger partial charge in [0.05, 0.1) is 11.3 Å². The number of nitrogens with one attached hydrogen (secondary N) is 1. The van der Waals surface area contributed by atoms with Crippen molar-refractivity contribution in [1.82, 2.24) is 9.55 Å². The molecule has 106 valence electrons. The fraction of sp³-hybridized carbons (Fsp3) is 0.167. The van der Waals surface area contributed by atoms with Crippen molar-refractivity contribution in [3.8, 4) is 5.75 Å². The Morgan fingerprint density at radius 3 is 2.95 bits per heavy atom. The number of alkyl halides is 2. The summed E-state index contributed by atoms with van der Waals surface area (Å²) < 4.78 is 30.1. The van der Waals surface area contributed by atoms with Gasteiger partial charge < -0.3 is 14.6 Å². The lowest BCUT2D eigenvalue weighted by atomic mass is 10.3. The van der Waals surface area contributed by atoms with E-state index in [1.54, 1.807) is 17.0 Å². The average Bonchev–Trinajstić information content (AvgIpc) is 2.85. The molecule has 8 heteroatoms. The molecule has 0 aliphatic rings. The monoisotopic (exact) mass is 301 g/mol. The lowest BCUT2D eigenvalue weighted by Crippen LogP contribution is -2.18. The van der Waals surface area contributed by atoms with Crippen molar-refractivity contribution in [3.63, 3.8) is 0 Å². The molecule has 1 aromatic heterocycles. The molecule has 1 N–H and O–H groups in total. The van der Waals surface area contributed by atoms with Gasteiger partial charge in [0.25, 0.3) is 0 Å². The van der Waals surface area contributed by atoms with Crippen molar-refractivity contribution in [2.75, 3.05) is 5.32 Å². The van der Waals surface area contributed by atoms with Crippen LogP contribution in [0.25, 0.3) is 0 Å². The molecule has 1 aromatic carbocycles. The molecule has 0 saturated carbocycles. The Kier molecular flexibility index (Phi) is 4.52. The number of benzene rings is 1. The number of ether oxygens (including phenoxy) is 1. The first kappa shape index (κ1) is 14.3. The molecule has 0 saturated heterocycles. The molecular formula is C12H10ClF2N3O2. The summed E-state index contributed by atoms with van der Waals surface area (Å²) in [4.78, 5) is 15.5. The smallest absolute Gasteiger partial charge is 0.387 e. The van der Waals surface area contributed by atoms with Gasteiger partial charge in [-0.15, -0.1) is 0 Å². The molecular weight excluding hydrogens is 292 g/mol. The van der Waals surface area contributed by atoms with Gasteiger partial charge >= 0.3 is 6.61 Å². The Balaban J connectivity index is 2.03. The quantitative estimate of drug-likeness (QED) is 0.924. The number of anilines is 1. The molecule has 1 heterocycles. The normalized spacial score (nSPS) is 10.6. The van der Waals surface area contributed by atoms with Crippen molar-refractivity contribution in [2.45, 2.75) is 13.2 Å². The third-order valence-corrected chi connectivity index (χ3v) is 2.63. The molecule has 2 aromatic rings. The summed E-state index contributed by atoms with van der Waals surface area (Å²) >= 11 is 5.71. The lowest BCUT2D eigenvalue weighted by Gasteiger charge is -2.10. The highest BCUT2D eigenvalue weighted by atomic mass is 35.5. The Morgan fingerprint density at radius 2 is 2.30 bits per heavy atom. The highest BCUT2D eigenvalue weighted by Gasteiger charge is 2.11. The molecule has 0 radical (unpaired) electrons. The van der Waals surface area contributed by atoms with Gasteiger partial charge in [-0.25, -0.2) is 4.98 Å². The number of rotatable bonds is 5. The molecule has 2 rings (SSSR count). The van der Waals surface area contributed by atoms with Crippen LogP contribution < -0.4 is 10.1 Å². The van der Waals surface area contributed by atoms with Crippen molar-refractivity contribution in [1.29, 1.82) is 0 Å². The van der Waals surface area contributed by atoms with E-state index in [9.17, 15) is 13.6 Å². The first-order valence-corrected chi connectivity index (χ1v) is 5.92. The van der Waals surface area contributed by atoms with E-state index in [-0.39, 0.29) is 23.2 Å². The topological polar surface area (TPSA) is 56.2 Å². The molecule has 0 aliphatic carbocycles. The van der Waals surface area contributed by atoms with E-state index in [4.69, 9.17) is 11.6 Å². The number of imidazole rings is 1. The summed E-state index contributed by atoms with van der Waals surface area (Å²) in [6.45, 7) is -2.92. The largest absolute Gasteiger partial charge is 0.433 e. The molecule has 0 bridgehead atoms. The van der Waals surface area contributed by atoms with Crippen LogP contribution in [0.15, 0.2) is 36.9 Å². The van der Waals surface area contributed by atoms with Crippen LogP contribution in [0.4, 0.5) is 14.5 Å². The molecule has 0 unspecified atom stereocenters. The Labute approximate surface area is 118 Å². The summed E-state index contributed by atoms with van der Waals surface area (Å²) in [6.07, 6.45) is 4.67. The first-order valence-electron chi connectivity index (χ1n) is 5.54. The van der Waals surface area contributed by atoms with Crippen LogP contribution in [-0.2, 0) is 11.3 Å². The van der Waals surface area contributed by atoms with E-state index in [1.165, 1.54) is 24.5 Å². The Bertz CT molecular complexity index is 590. The van der Waals surface area contributed by atoms with E-state index >= 15 is 0 Å². The summed E-state index contributed by atoms with van der Waals surface area (Å²) in [5.41, 5.74) is 0.315. The third kappa shape index (κ3) is 3.92. The maximum absolute atomic E-state index is 12.2. The number of nitrogens with zero attached hydrogens (tertiary/aromatic N) is 2. The number of hydrogen-bond donors (Lipinski definition) is 1. The third-order valence-electron chi connectivity index (χ3n) is 2.32. The van der Waals surface area contributed by atoms with Crippen LogP contribution in [0.3, 0.4) is 0 Å². The minimum absolute atomic E-state index is 0.0397. The van der Waals surface area contributed by atoms with Crippen LogP contribution in [0.1, 0.15) is 0 Å². The van der Waals surface area contributed by atoms with Gasteiger partial charge in [0.1, 0.15) is 12.3 Å². The predicted octanol–water partition coefficient (Wildman–Crippen LogP) is 2.78. The number of carbonyl (C=O) groups is 1. The van der Waals surface area contributed by atoms with E-state index in [0.717, 1.165) is 0 Å². The second-order valence-corrected chi connectivity index (χ2v) is 4.21. The van der Waals surface area contributed by atoms with E-state index in [1.807, 2.05) is 0 Å². The standard InChI is InChI=1S/C12H10ClF2N3O2/c13-9-2-1-8(5-10(9)20-12(14)15)17-11(19)6-18-4-3-16-7-18/h1-5,7,12H,6H2,(H,17,19). The average molecular weight is 302 g/mol. The number of aromatic nitrogens is 2. The van der Waals surface area contributed by atoms with Crippen molar-refractivity contribution < 1.29 is 18.3 Å². The fourth-order valence-corrected chi connectivity index (χ4v) is 1.68. The predicted molar refractivity (Wildman–Crippen MR) is 68.9 cm³/mol. The number of halogens is 3. The number of hydrogen-bond acceptors (Lipinski definition) is 3. The maximum Gasteiger partial charge on any atom is 0.387 e. The summed E-state index contributed by atoms with van der Waals surface area (Å²) in [6, 6.07) is 4.10. The highest BCUT2D eigenvalue weighted by Crippen LogP contribution is 2.29. The van der Waals surface area contributed by atoms with Crippen LogP contribution >= 0.6 is 11.6 Å². The summed E-state index contributed by atoms with van der Waals surface area (Å²) in [7, 11) is 0. The molecule has 0 fully saturated rings. The molecule has 20 heavy (non-hydrogen) atoms. The number of amides is 1. The maximum atomic E-state index is 12.2. The minimum atomic E-state index is -2.98. The minimum Gasteiger partial charge on any atom is -0.433 e. The van der Waals surface area contributed by atoms with Crippen molar-refractivity contribution in [3.05, 3.63) is 41.9 Å². The zero-order valence-corrected chi connectivity index (χ0v) is 10.8. The van der Waals surface area contributed by atoms with Crippen LogP contribution in [0.2, 0.25) is 5.02 Å². The van der Waals surface area contributed by atoms with E-state index < -0.39 is 6.61 Å². The second-order valence-electron chi connectivity index (χ2n) is 3.81. The summed E-state index contributed by atoms with van der Waals surface area (Å²) in [5, 5.41) is 2.59. The zero-order chi connectivity index (χ0) is 14.5. The van der Waals surface area contributed by atoms with Gasteiger partial charge in [0.15, 0.2) is 0 Å². The molecule has 5 nitrogen and oxygen atoms in total. The fourth-order valence-electron chi connectivity index (χ4n) is 1.51. The van der Waals surface area contributed by atoms with Crippen molar-refractivity contribution in [2.24, 2.45) is 0 Å². The van der Waals surface area contributed by atoms with Gasteiger partial charge in [0.2, 0.25) is 5.91 Å². The molecule has 1 amide bonds. The van der Waals surface area contributed by atoms with E-state index in [2.05, 4.69) is 15.0 Å². The van der Waals surface area contributed by atoms with Crippen molar-refractivity contribution >= 4 is 23.2 Å². The van der Waals surface area contributed by atoms with Crippen LogP contribution in [0.5, 0.6) is 5.75 Å². The number of carbonyl (C=O) groups excluding carboxylic acids is 1. The van der Waals surface area contributed by atoms with Gasteiger partial charge in [-0.1, -0.05) is 11.6 Å². The van der Waals surface area contributed by atoms with Gasteiger partial charge in [-0.05, 0) is 12.1 Å². The van der Waals surface area contributed by atoms with E-state index in [0.29, 0.717) is 5.69 Å². The first-order chi connectivity index (χ1) is 9.54. The molecule has 0 aliphatic heterocycles. The highest BCUT2D eigenvalue weighted by molar-refractivity contribution is 6.32. The Morgan fingerprint density at radius 1 is 1.50 bits per heavy atom. The van der Waals surface area contributed by atoms with Gasteiger partial charge in [0, 0.05) is 24.1 Å². The zero-order valence-electron chi connectivity index (χ0n) is 10.1. The second kappa shape index (κ2) is 6.33. The lowest BCUT2D eigenvalue weighted by molar-refractivity contribution is -0.116. The Hall–Kier alpha value is -2.15. The van der Waals surface area contributed by atoms with Gasteiger partial charge in [-0.3, -0.25) is 4.79 Å².